The van der Waals surface area contributed by atoms with Crippen molar-refractivity contribution in [2.45, 2.75) is 12.5 Å². The molecule has 0 saturated heterocycles. The van der Waals surface area contributed by atoms with Crippen LogP contribution < -0.4 is 9.47 Å². The summed E-state index contributed by atoms with van der Waals surface area (Å²) in [7, 11) is 4.98. The number of rotatable bonds is 8. The summed E-state index contributed by atoms with van der Waals surface area (Å²) in [5.41, 5.74) is 0.469. The summed E-state index contributed by atoms with van der Waals surface area (Å²) in [6.45, 7) is 0. The van der Waals surface area contributed by atoms with E-state index in [0.29, 0.717) is 5.56 Å². The van der Waals surface area contributed by atoms with Crippen molar-refractivity contribution in [1.82, 2.24) is 0 Å². The number of hydrogen-bond acceptors (Lipinski definition) is 9. The molecule has 1 N–H and O–H groups in total. The number of aromatic hydroxyl groups is 1. The van der Waals surface area contributed by atoms with E-state index >= 15 is 0 Å². The van der Waals surface area contributed by atoms with Crippen molar-refractivity contribution in [2.24, 2.45) is 0 Å². The van der Waals surface area contributed by atoms with Gasteiger partial charge >= 0.3 is 17.9 Å². The number of methoxy groups -OCH3 is 4. The molecule has 0 aromatic heterocycles. The molecule has 1 aromatic carbocycles. The van der Waals surface area contributed by atoms with Crippen molar-refractivity contribution >= 4 is 24.0 Å². The van der Waals surface area contributed by atoms with Crippen LogP contribution in [0.25, 0.3) is 6.08 Å². The quantitative estimate of drug-likeness (QED) is 0.408. The van der Waals surface area contributed by atoms with Gasteiger partial charge in [0.1, 0.15) is 0 Å². The number of hydrogen-bond donors (Lipinski definition) is 1. The van der Waals surface area contributed by atoms with Crippen LogP contribution >= 0.6 is 0 Å². The van der Waals surface area contributed by atoms with Crippen molar-refractivity contribution in [3.8, 4) is 17.2 Å². The molecule has 0 radical (unpaired) electrons. The molecule has 1 aromatic rings. The molecule has 142 valence electrons. The molecule has 0 fully saturated rings. The van der Waals surface area contributed by atoms with Crippen LogP contribution in [0.5, 0.6) is 17.2 Å². The van der Waals surface area contributed by atoms with Crippen molar-refractivity contribution < 1.29 is 43.2 Å². The molecular formula is C17H20O9. The zero-order chi connectivity index (χ0) is 19.7. The summed E-state index contributed by atoms with van der Waals surface area (Å²) in [6, 6.07) is 2.93. The van der Waals surface area contributed by atoms with Gasteiger partial charge in [0.2, 0.25) is 11.9 Å². The number of phenolic OH excluding ortho intramolecular Hbond substituents is 1. The van der Waals surface area contributed by atoms with Crippen LogP contribution in [0.1, 0.15) is 12.0 Å². The third kappa shape index (κ3) is 5.69. The van der Waals surface area contributed by atoms with Gasteiger partial charge in [-0.3, -0.25) is 4.79 Å². The predicted octanol–water partition coefficient (Wildman–Crippen LogP) is 1.07. The van der Waals surface area contributed by atoms with E-state index in [-0.39, 0.29) is 17.2 Å². The lowest BCUT2D eigenvalue weighted by Crippen LogP contribution is -2.30. The van der Waals surface area contributed by atoms with Gasteiger partial charge in [0.25, 0.3) is 0 Å². The second-order valence-electron chi connectivity index (χ2n) is 4.84. The normalized spacial score (nSPS) is 11.5. The zero-order valence-electron chi connectivity index (χ0n) is 14.8. The molecule has 9 nitrogen and oxygen atoms in total. The third-order valence-electron chi connectivity index (χ3n) is 3.22. The van der Waals surface area contributed by atoms with Crippen molar-refractivity contribution in [2.75, 3.05) is 28.4 Å². The first-order valence-electron chi connectivity index (χ1n) is 7.34. The highest BCUT2D eigenvalue weighted by molar-refractivity contribution is 5.90. The van der Waals surface area contributed by atoms with Gasteiger partial charge in [-0.25, -0.2) is 9.59 Å². The molecule has 0 aliphatic heterocycles. The Labute approximate surface area is 150 Å². The number of carbonyl (C=O) groups is 3. The minimum absolute atomic E-state index is 0.149. The van der Waals surface area contributed by atoms with Crippen molar-refractivity contribution in [3.05, 3.63) is 23.8 Å². The Morgan fingerprint density at radius 1 is 1.04 bits per heavy atom. The van der Waals surface area contributed by atoms with Gasteiger partial charge in [-0.05, 0) is 23.8 Å². The smallest absolute Gasteiger partial charge is 0.347 e. The lowest BCUT2D eigenvalue weighted by molar-refractivity contribution is -0.167. The van der Waals surface area contributed by atoms with Gasteiger partial charge < -0.3 is 28.8 Å². The lowest BCUT2D eigenvalue weighted by Gasteiger charge is -2.13. The van der Waals surface area contributed by atoms with Crippen LogP contribution in [0.4, 0.5) is 0 Å². The van der Waals surface area contributed by atoms with Gasteiger partial charge in [-0.15, -0.1) is 0 Å². The van der Waals surface area contributed by atoms with E-state index in [2.05, 4.69) is 9.47 Å². The maximum absolute atomic E-state index is 11.9. The highest BCUT2D eigenvalue weighted by Crippen LogP contribution is 2.37. The second-order valence-corrected chi connectivity index (χ2v) is 4.84. The Kier molecular flexibility index (Phi) is 7.94. The van der Waals surface area contributed by atoms with Crippen LogP contribution in [0, 0.1) is 0 Å². The first-order chi connectivity index (χ1) is 12.4. The van der Waals surface area contributed by atoms with Crippen LogP contribution in [-0.2, 0) is 28.6 Å². The summed E-state index contributed by atoms with van der Waals surface area (Å²) in [5, 5.41) is 9.84. The molecule has 0 spiro atoms. The third-order valence-corrected chi connectivity index (χ3v) is 3.22. The van der Waals surface area contributed by atoms with E-state index in [0.717, 1.165) is 20.3 Å². The average Bonchev–Trinajstić information content (AvgIpc) is 2.65. The van der Waals surface area contributed by atoms with E-state index in [4.69, 9.17) is 14.2 Å². The van der Waals surface area contributed by atoms with Gasteiger partial charge in [0.05, 0.1) is 34.9 Å². The fraction of sp³-hybridized carbons (Fsp3) is 0.353. The zero-order valence-corrected chi connectivity index (χ0v) is 14.8. The van der Waals surface area contributed by atoms with Gasteiger partial charge in [0.15, 0.2) is 11.5 Å². The average molecular weight is 368 g/mol. The molecule has 0 aliphatic rings. The number of ether oxygens (including phenoxy) is 5. The summed E-state index contributed by atoms with van der Waals surface area (Å²) in [4.78, 5) is 34.8. The van der Waals surface area contributed by atoms with Crippen LogP contribution in [0.15, 0.2) is 18.2 Å². The summed E-state index contributed by atoms with van der Waals surface area (Å²) in [6.07, 6.45) is 0.509. The van der Waals surface area contributed by atoms with E-state index in [9.17, 15) is 19.5 Å². The maximum atomic E-state index is 11.9. The van der Waals surface area contributed by atoms with Gasteiger partial charge in [-0.1, -0.05) is 0 Å². The first-order valence-corrected chi connectivity index (χ1v) is 7.34. The Morgan fingerprint density at radius 2 is 1.62 bits per heavy atom. The van der Waals surface area contributed by atoms with Gasteiger partial charge in [0, 0.05) is 6.08 Å². The Morgan fingerprint density at radius 3 is 2.08 bits per heavy atom. The Balaban J connectivity index is 2.91. The minimum Gasteiger partial charge on any atom is -0.502 e. The van der Waals surface area contributed by atoms with Gasteiger partial charge in [-0.2, -0.15) is 0 Å². The Hall–Kier alpha value is -3.23. The van der Waals surface area contributed by atoms with Crippen molar-refractivity contribution in [3.63, 3.8) is 0 Å². The standard InChI is InChI=1S/C17H20O9/c1-22-11-7-10(8-12(23-2)16(11)20)5-6-14(18)26-13(17(21)25-4)9-15(19)24-3/h5-8,13,20H,9H2,1-4H3/b6-5+. The number of phenols is 1. The molecule has 0 heterocycles. The second kappa shape index (κ2) is 9.92. The SMILES string of the molecule is COC(=O)CC(OC(=O)/C=C/c1cc(OC)c(O)c(OC)c1)C(=O)OC. The molecule has 0 bridgehead atoms. The van der Waals surface area contributed by atoms with Crippen LogP contribution in [-0.4, -0.2) is 57.6 Å². The predicted molar refractivity (Wildman–Crippen MR) is 88.8 cm³/mol. The summed E-state index contributed by atoms with van der Waals surface area (Å²) < 4.78 is 23.9. The molecule has 1 unspecified atom stereocenters. The van der Waals surface area contributed by atoms with E-state index in [1.165, 1.54) is 32.4 Å². The molecule has 0 aliphatic carbocycles. The highest BCUT2D eigenvalue weighted by atomic mass is 16.6. The van der Waals surface area contributed by atoms with E-state index in [1.54, 1.807) is 0 Å². The maximum Gasteiger partial charge on any atom is 0.347 e. The fourth-order valence-corrected chi connectivity index (χ4v) is 1.89. The monoisotopic (exact) mass is 368 g/mol. The molecule has 0 amide bonds. The highest BCUT2D eigenvalue weighted by Gasteiger charge is 2.26. The fourth-order valence-electron chi connectivity index (χ4n) is 1.89. The number of esters is 3. The topological polar surface area (TPSA) is 118 Å². The van der Waals surface area contributed by atoms with Crippen LogP contribution in [0.2, 0.25) is 0 Å². The van der Waals surface area contributed by atoms with E-state index in [1.807, 2.05) is 0 Å². The molecule has 1 atom stereocenters. The number of carbonyl (C=O) groups excluding carboxylic acids is 3. The first kappa shape index (κ1) is 20.8. The molecule has 26 heavy (non-hydrogen) atoms. The summed E-state index contributed by atoms with van der Waals surface area (Å²) in [5.74, 6) is -2.38. The van der Waals surface area contributed by atoms with Crippen molar-refractivity contribution in [1.29, 1.82) is 0 Å². The minimum atomic E-state index is -1.42. The molecule has 9 heteroatoms. The Bertz CT molecular complexity index is 668. The molecular weight excluding hydrogens is 348 g/mol. The lowest BCUT2D eigenvalue weighted by atomic mass is 10.1. The van der Waals surface area contributed by atoms with Crippen LogP contribution in [0.3, 0.4) is 0 Å². The number of benzene rings is 1. The molecule has 1 rings (SSSR count). The largest absolute Gasteiger partial charge is 0.502 e. The van der Waals surface area contributed by atoms with E-state index < -0.39 is 30.4 Å². The molecule has 0 saturated carbocycles. The summed E-state index contributed by atoms with van der Waals surface area (Å²) >= 11 is 0.